The zero-order valence-electron chi connectivity index (χ0n) is 22.3. The van der Waals surface area contributed by atoms with Crippen LogP contribution in [0.15, 0.2) is 73.3 Å². The minimum absolute atomic E-state index is 0.310. The molecule has 2 rings (SSSR count). The van der Waals surface area contributed by atoms with E-state index in [0.717, 1.165) is 18.8 Å². The number of aliphatic hydroxyl groups excluding tert-OH is 2. The number of carbonyl (C=O) groups is 2. The number of aromatic carboxylic acids is 2. The molecular formula is C30H46O6. The van der Waals surface area contributed by atoms with E-state index >= 15 is 0 Å². The summed E-state index contributed by atoms with van der Waals surface area (Å²) in [5, 5.41) is 34.6. The highest BCUT2D eigenvalue weighted by molar-refractivity contribution is 5.87. The third-order valence-electron chi connectivity index (χ3n) is 5.21. The molecule has 6 heteroatoms. The van der Waals surface area contributed by atoms with Gasteiger partial charge < -0.3 is 20.4 Å². The first-order valence-corrected chi connectivity index (χ1v) is 12.7. The Morgan fingerprint density at radius 2 is 1.22 bits per heavy atom. The van der Waals surface area contributed by atoms with Crippen LogP contribution in [0.3, 0.4) is 0 Å². The van der Waals surface area contributed by atoms with Crippen LogP contribution < -0.4 is 0 Å². The van der Waals surface area contributed by atoms with Crippen molar-refractivity contribution in [2.75, 3.05) is 0 Å². The summed E-state index contributed by atoms with van der Waals surface area (Å²) in [7, 11) is 0. The molecule has 2 unspecified atom stereocenters. The predicted octanol–water partition coefficient (Wildman–Crippen LogP) is 7.08. The number of hydrogen-bond acceptors (Lipinski definition) is 4. The molecule has 0 saturated heterocycles. The summed E-state index contributed by atoms with van der Waals surface area (Å²) in [5.41, 5.74) is 0.662. The second-order valence-electron chi connectivity index (χ2n) is 8.42. The van der Waals surface area contributed by atoms with Gasteiger partial charge in [0.1, 0.15) is 0 Å². The van der Waals surface area contributed by atoms with Gasteiger partial charge in [-0.15, -0.1) is 6.58 Å². The molecule has 202 valence electrons. The van der Waals surface area contributed by atoms with Gasteiger partial charge in [0.15, 0.2) is 0 Å². The molecule has 0 fully saturated rings. The maximum absolute atomic E-state index is 10.2. The van der Waals surface area contributed by atoms with Crippen molar-refractivity contribution in [3.05, 3.63) is 84.4 Å². The zero-order valence-corrected chi connectivity index (χ0v) is 22.3. The summed E-state index contributed by atoms with van der Waals surface area (Å²) in [6.45, 7) is 11.9. The number of rotatable bonds is 11. The molecule has 0 aromatic heterocycles. The van der Waals surface area contributed by atoms with Crippen LogP contribution in [0.4, 0.5) is 0 Å². The van der Waals surface area contributed by atoms with Gasteiger partial charge in [-0.1, -0.05) is 82.5 Å². The van der Waals surface area contributed by atoms with Gasteiger partial charge in [-0.25, -0.2) is 9.59 Å². The molecule has 4 N–H and O–H groups in total. The number of benzene rings is 2. The molecular weight excluding hydrogens is 456 g/mol. The van der Waals surface area contributed by atoms with E-state index in [-0.39, 0.29) is 12.2 Å². The lowest BCUT2D eigenvalue weighted by Crippen LogP contribution is -2.13. The average molecular weight is 503 g/mol. The number of carboxylic acids is 2. The van der Waals surface area contributed by atoms with Crippen LogP contribution in [-0.4, -0.2) is 44.6 Å². The normalized spacial score (nSPS) is 11.3. The second kappa shape index (κ2) is 23.8. The zero-order chi connectivity index (χ0) is 27.8. The minimum Gasteiger partial charge on any atom is -0.478 e. The number of aliphatic hydroxyl groups is 2. The lowest BCUT2D eigenvalue weighted by Gasteiger charge is -2.09. The van der Waals surface area contributed by atoms with Crippen LogP contribution >= 0.6 is 0 Å². The summed E-state index contributed by atoms with van der Waals surface area (Å²) >= 11 is 0. The van der Waals surface area contributed by atoms with Crippen molar-refractivity contribution in [2.45, 2.75) is 84.8 Å². The number of carboxylic acid groups (broad SMARTS) is 2. The lowest BCUT2D eigenvalue weighted by atomic mass is 9.98. The quantitative estimate of drug-likeness (QED) is 0.244. The first kappa shape index (κ1) is 35.2. The van der Waals surface area contributed by atoms with Crippen molar-refractivity contribution in [3.63, 3.8) is 0 Å². The highest BCUT2D eigenvalue weighted by Gasteiger charge is 2.05. The Kier molecular flexibility index (Phi) is 23.2. The molecule has 0 spiro atoms. The summed E-state index contributed by atoms with van der Waals surface area (Å²) in [4.78, 5) is 20.4. The molecule has 2 aromatic carbocycles. The maximum Gasteiger partial charge on any atom is 0.335 e. The summed E-state index contributed by atoms with van der Waals surface area (Å²) in [6, 6.07) is 16.6. The molecule has 6 nitrogen and oxygen atoms in total. The smallest absolute Gasteiger partial charge is 0.335 e. The van der Waals surface area contributed by atoms with E-state index in [1.54, 1.807) is 67.6 Å². The SMILES string of the molecule is C=CCCC(CC)CC.CCCC(O)CC(C)O.O=C(O)c1ccccc1.O=C(O)c1ccccc1. The third-order valence-corrected chi connectivity index (χ3v) is 5.21. The van der Waals surface area contributed by atoms with Crippen LogP contribution in [-0.2, 0) is 0 Å². The van der Waals surface area contributed by atoms with Gasteiger partial charge in [-0.2, -0.15) is 0 Å². The van der Waals surface area contributed by atoms with E-state index in [1.807, 2.05) is 13.0 Å². The highest BCUT2D eigenvalue weighted by Crippen LogP contribution is 2.14. The topological polar surface area (TPSA) is 115 Å². The fraction of sp³-hybridized carbons (Fsp3) is 0.467. The van der Waals surface area contributed by atoms with Gasteiger partial charge in [-0.3, -0.25) is 0 Å². The predicted molar refractivity (Wildman–Crippen MR) is 148 cm³/mol. The van der Waals surface area contributed by atoms with Crippen LogP contribution in [0, 0.1) is 5.92 Å². The van der Waals surface area contributed by atoms with E-state index in [1.165, 1.54) is 25.7 Å². The van der Waals surface area contributed by atoms with Crippen LogP contribution in [0.2, 0.25) is 0 Å². The largest absolute Gasteiger partial charge is 0.478 e. The van der Waals surface area contributed by atoms with Gasteiger partial charge in [0.05, 0.1) is 23.3 Å². The van der Waals surface area contributed by atoms with E-state index in [9.17, 15) is 9.59 Å². The van der Waals surface area contributed by atoms with E-state index in [0.29, 0.717) is 17.5 Å². The Morgan fingerprint density at radius 3 is 1.47 bits per heavy atom. The van der Waals surface area contributed by atoms with Gasteiger partial charge in [0, 0.05) is 0 Å². The molecule has 0 aliphatic carbocycles. The second-order valence-corrected chi connectivity index (χ2v) is 8.42. The molecule has 0 aliphatic rings. The first-order chi connectivity index (χ1) is 17.1. The molecule has 0 heterocycles. The molecule has 0 bridgehead atoms. The number of hydrogen-bond donors (Lipinski definition) is 4. The van der Waals surface area contributed by atoms with Crippen molar-refractivity contribution in [3.8, 4) is 0 Å². The van der Waals surface area contributed by atoms with Crippen LogP contribution in [0.1, 0.15) is 93.4 Å². The minimum atomic E-state index is -0.879. The van der Waals surface area contributed by atoms with Crippen molar-refractivity contribution in [1.29, 1.82) is 0 Å². The molecule has 0 saturated carbocycles. The van der Waals surface area contributed by atoms with Gasteiger partial charge in [0.25, 0.3) is 0 Å². The molecule has 2 atom stereocenters. The van der Waals surface area contributed by atoms with E-state index in [2.05, 4.69) is 20.4 Å². The Bertz CT molecular complexity index is 736. The Hall–Kier alpha value is -2.96. The molecule has 2 aromatic rings. The summed E-state index contributed by atoms with van der Waals surface area (Å²) in [6.07, 6.45) is 8.78. The standard InChI is InChI=1S/C9H18.2C7H6O2.C7H16O2/c1-4-7-8-9(5-2)6-3;2*8-7(9)6-4-2-1-3-5-6;1-3-4-7(9)5-6(2)8/h4,9H,1,5-8H2,2-3H3;2*1-5H,(H,8,9);6-9H,3-5H2,1-2H3. The fourth-order valence-corrected chi connectivity index (χ4v) is 3.06. The first-order valence-electron chi connectivity index (χ1n) is 12.7. The van der Waals surface area contributed by atoms with Gasteiger partial charge in [0.2, 0.25) is 0 Å². The molecule has 0 aliphatic heterocycles. The molecule has 0 amide bonds. The van der Waals surface area contributed by atoms with Gasteiger partial charge in [-0.05, 0) is 62.8 Å². The summed E-state index contributed by atoms with van der Waals surface area (Å²) in [5.74, 6) is -0.825. The lowest BCUT2D eigenvalue weighted by molar-refractivity contribution is 0.0686. The third kappa shape index (κ3) is 21.6. The summed E-state index contributed by atoms with van der Waals surface area (Å²) < 4.78 is 0. The van der Waals surface area contributed by atoms with Gasteiger partial charge >= 0.3 is 11.9 Å². The number of allylic oxidation sites excluding steroid dienone is 1. The molecule has 36 heavy (non-hydrogen) atoms. The van der Waals surface area contributed by atoms with Crippen molar-refractivity contribution < 1.29 is 30.0 Å². The Labute approximate surface area is 217 Å². The van der Waals surface area contributed by atoms with E-state index < -0.39 is 11.9 Å². The Balaban J connectivity index is 0. The Morgan fingerprint density at radius 1 is 0.806 bits per heavy atom. The van der Waals surface area contributed by atoms with Crippen molar-refractivity contribution >= 4 is 11.9 Å². The average Bonchev–Trinajstić information content (AvgIpc) is 2.86. The highest BCUT2D eigenvalue weighted by atomic mass is 16.4. The monoisotopic (exact) mass is 502 g/mol. The van der Waals surface area contributed by atoms with Crippen molar-refractivity contribution in [2.24, 2.45) is 5.92 Å². The van der Waals surface area contributed by atoms with E-state index in [4.69, 9.17) is 20.4 Å². The maximum atomic E-state index is 10.2. The van der Waals surface area contributed by atoms with Crippen LogP contribution in [0.5, 0.6) is 0 Å². The fourth-order valence-electron chi connectivity index (χ4n) is 3.06. The molecule has 0 radical (unpaired) electrons. The van der Waals surface area contributed by atoms with Crippen LogP contribution in [0.25, 0.3) is 0 Å². The van der Waals surface area contributed by atoms with Crippen molar-refractivity contribution in [1.82, 2.24) is 0 Å².